The molecule has 0 aliphatic heterocycles. The van der Waals surface area contributed by atoms with Gasteiger partial charge in [-0.25, -0.2) is 4.99 Å². The fraction of sp³-hybridized carbons (Fsp3) is 0.600. The molecule has 0 aromatic heterocycles. The van der Waals surface area contributed by atoms with Crippen molar-refractivity contribution in [3.8, 4) is 0 Å². The van der Waals surface area contributed by atoms with Crippen LogP contribution in [0.2, 0.25) is 0 Å². The maximum Gasteiger partial charge on any atom is 0.242 e. The van der Waals surface area contributed by atoms with Crippen LogP contribution < -0.4 is 16.0 Å². The van der Waals surface area contributed by atoms with Crippen LogP contribution in [0.5, 0.6) is 0 Å². The molecule has 0 spiro atoms. The quantitative estimate of drug-likeness (QED) is 0.440. The van der Waals surface area contributed by atoms with Gasteiger partial charge in [0.15, 0.2) is 5.96 Å². The maximum absolute atomic E-state index is 11.8. The molecule has 0 saturated heterocycles. The van der Waals surface area contributed by atoms with E-state index in [2.05, 4.69) is 64.1 Å². The lowest BCUT2D eigenvalue weighted by Crippen LogP contribution is -2.41. The first-order valence-corrected chi connectivity index (χ1v) is 9.64. The lowest BCUT2D eigenvalue weighted by molar-refractivity contribution is -0.119. The van der Waals surface area contributed by atoms with E-state index in [0.717, 1.165) is 38.9 Å². The summed E-state index contributed by atoms with van der Waals surface area (Å²) >= 11 is 0. The number of hydrogen-bond donors (Lipinski definition) is 3. The Bertz CT molecular complexity index is 571. The molecule has 2 rings (SSSR count). The standard InChI is InChI=1S/C20H33N5O/c1-4-21-20(23-14-19(26)24-18-10-11-18)22-13-12-16(2)25(3)15-17-8-6-5-7-9-17/h5-9,16,18H,4,10-15H2,1-3H3,(H,24,26)(H2,21,22,23). The number of rotatable bonds is 10. The number of carbonyl (C=O) groups excluding carboxylic acids is 1. The van der Waals surface area contributed by atoms with Gasteiger partial charge in [0.05, 0.1) is 0 Å². The van der Waals surface area contributed by atoms with Crippen molar-refractivity contribution in [2.24, 2.45) is 4.99 Å². The summed E-state index contributed by atoms with van der Waals surface area (Å²) in [4.78, 5) is 18.5. The molecule has 144 valence electrons. The van der Waals surface area contributed by atoms with E-state index in [4.69, 9.17) is 0 Å². The van der Waals surface area contributed by atoms with Crippen molar-refractivity contribution in [1.29, 1.82) is 0 Å². The van der Waals surface area contributed by atoms with E-state index in [1.54, 1.807) is 0 Å². The fourth-order valence-electron chi connectivity index (χ4n) is 2.64. The maximum atomic E-state index is 11.8. The molecule has 1 aromatic rings. The molecular weight excluding hydrogens is 326 g/mol. The van der Waals surface area contributed by atoms with Crippen LogP contribution in [0.25, 0.3) is 0 Å². The third-order valence-electron chi connectivity index (χ3n) is 4.55. The first kappa shape index (κ1) is 20.2. The predicted molar refractivity (Wildman–Crippen MR) is 107 cm³/mol. The zero-order chi connectivity index (χ0) is 18.8. The molecule has 26 heavy (non-hydrogen) atoms. The Morgan fingerprint density at radius 3 is 2.65 bits per heavy atom. The van der Waals surface area contributed by atoms with Crippen LogP contribution in [-0.4, -0.2) is 55.5 Å². The second-order valence-corrected chi connectivity index (χ2v) is 7.00. The minimum atomic E-state index is 0.000616. The molecule has 1 amide bonds. The molecule has 1 atom stereocenters. The predicted octanol–water partition coefficient (Wildman–Crippen LogP) is 1.73. The minimum Gasteiger partial charge on any atom is -0.357 e. The summed E-state index contributed by atoms with van der Waals surface area (Å²) in [6.45, 7) is 6.97. The number of aliphatic imine (C=N–C) groups is 1. The average Bonchev–Trinajstić information content (AvgIpc) is 3.44. The van der Waals surface area contributed by atoms with Gasteiger partial charge in [-0.05, 0) is 45.7 Å². The van der Waals surface area contributed by atoms with Crippen molar-refractivity contribution < 1.29 is 4.79 Å². The third-order valence-corrected chi connectivity index (χ3v) is 4.55. The summed E-state index contributed by atoms with van der Waals surface area (Å²) in [6, 6.07) is 11.3. The van der Waals surface area contributed by atoms with Gasteiger partial charge >= 0.3 is 0 Å². The van der Waals surface area contributed by atoms with Gasteiger partial charge in [-0.15, -0.1) is 0 Å². The Morgan fingerprint density at radius 2 is 2.00 bits per heavy atom. The largest absolute Gasteiger partial charge is 0.357 e. The summed E-state index contributed by atoms with van der Waals surface area (Å²) in [6.07, 6.45) is 3.20. The molecule has 1 fully saturated rings. The molecule has 0 heterocycles. The average molecular weight is 360 g/mol. The lowest BCUT2D eigenvalue weighted by atomic mass is 10.1. The summed E-state index contributed by atoms with van der Waals surface area (Å²) in [5.74, 6) is 0.706. The second-order valence-electron chi connectivity index (χ2n) is 7.00. The van der Waals surface area contributed by atoms with Crippen molar-refractivity contribution in [3.63, 3.8) is 0 Å². The lowest BCUT2D eigenvalue weighted by Gasteiger charge is -2.25. The van der Waals surface area contributed by atoms with Crippen LogP contribution in [0.15, 0.2) is 35.3 Å². The molecule has 0 bridgehead atoms. The molecule has 6 nitrogen and oxygen atoms in total. The van der Waals surface area contributed by atoms with Crippen LogP contribution in [0.4, 0.5) is 0 Å². The summed E-state index contributed by atoms with van der Waals surface area (Å²) in [7, 11) is 2.15. The van der Waals surface area contributed by atoms with Gasteiger partial charge in [-0.2, -0.15) is 0 Å². The molecule has 1 aromatic carbocycles. The smallest absolute Gasteiger partial charge is 0.242 e. The SMILES string of the molecule is CCNC(=NCC(=O)NC1CC1)NCCC(C)N(C)Cc1ccccc1. The van der Waals surface area contributed by atoms with Crippen LogP contribution in [-0.2, 0) is 11.3 Å². The normalized spacial score (nSPS) is 15.6. The van der Waals surface area contributed by atoms with Gasteiger partial charge in [-0.1, -0.05) is 30.3 Å². The van der Waals surface area contributed by atoms with E-state index < -0.39 is 0 Å². The van der Waals surface area contributed by atoms with Gasteiger partial charge < -0.3 is 16.0 Å². The monoisotopic (exact) mass is 359 g/mol. The number of benzene rings is 1. The van der Waals surface area contributed by atoms with E-state index in [-0.39, 0.29) is 12.5 Å². The highest BCUT2D eigenvalue weighted by Crippen LogP contribution is 2.18. The highest BCUT2D eigenvalue weighted by molar-refractivity contribution is 5.85. The second kappa shape index (κ2) is 10.8. The van der Waals surface area contributed by atoms with Crippen LogP contribution in [0, 0.1) is 0 Å². The first-order valence-electron chi connectivity index (χ1n) is 9.64. The van der Waals surface area contributed by atoms with Gasteiger partial charge in [0, 0.05) is 31.7 Å². The zero-order valence-corrected chi connectivity index (χ0v) is 16.3. The molecule has 3 N–H and O–H groups in total. The highest BCUT2D eigenvalue weighted by Gasteiger charge is 2.22. The van der Waals surface area contributed by atoms with Crippen molar-refractivity contribution in [2.45, 2.75) is 51.7 Å². The Balaban J connectivity index is 1.70. The van der Waals surface area contributed by atoms with Gasteiger partial charge in [-0.3, -0.25) is 9.69 Å². The number of guanidine groups is 1. The van der Waals surface area contributed by atoms with E-state index >= 15 is 0 Å². The Kier molecular flexibility index (Phi) is 8.41. The van der Waals surface area contributed by atoms with E-state index in [1.807, 2.05) is 13.0 Å². The van der Waals surface area contributed by atoms with E-state index in [0.29, 0.717) is 18.0 Å². The molecule has 0 radical (unpaired) electrons. The Labute approximate surface area is 157 Å². The molecule has 1 unspecified atom stereocenters. The van der Waals surface area contributed by atoms with Crippen LogP contribution in [0.1, 0.15) is 38.7 Å². The molecule has 1 saturated carbocycles. The first-order chi connectivity index (χ1) is 12.6. The van der Waals surface area contributed by atoms with Crippen LogP contribution >= 0.6 is 0 Å². The molecule has 6 heteroatoms. The van der Waals surface area contributed by atoms with Crippen molar-refractivity contribution in [2.75, 3.05) is 26.7 Å². The minimum absolute atomic E-state index is 0.000616. The number of nitrogens with zero attached hydrogens (tertiary/aromatic N) is 2. The van der Waals surface area contributed by atoms with Crippen LogP contribution in [0.3, 0.4) is 0 Å². The number of nitrogens with one attached hydrogen (secondary N) is 3. The van der Waals surface area contributed by atoms with Crippen molar-refractivity contribution >= 4 is 11.9 Å². The van der Waals surface area contributed by atoms with Gasteiger partial charge in [0.2, 0.25) is 5.91 Å². The zero-order valence-electron chi connectivity index (χ0n) is 16.3. The van der Waals surface area contributed by atoms with Gasteiger partial charge in [0.1, 0.15) is 6.54 Å². The number of hydrogen-bond acceptors (Lipinski definition) is 3. The topological polar surface area (TPSA) is 68.8 Å². The molecule has 1 aliphatic carbocycles. The number of amides is 1. The Hall–Kier alpha value is -2.08. The van der Waals surface area contributed by atoms with E-state index in [1.165, 1.54) is 5.56 Å². The van der Waals surface area contributed by atoms with Crippen molar-refractivity contribution in [1.82, 2.24) is 20.9 Å². The number of carbonyl (C=O) groups is 1. The van der Waals surface area contributed by atoms with E-state index in [9.17, 15) is 4.79 Å². The molecule has 1 aliphatic rings. The fourth-order valence-corrected chi connectivity index (χ4v) is 2.64. The summed E-state index contributed by atoms with van der Waals surface area (Å²) in [5.41, 5.74) is 1.33. The summed E-state index contributed by atoms with van der Waals surface area (Å²) < 4.78 is 0. The highest BCUT2D eigenvalue weighted by atomic mass is 16.2. The Morgan fingerprint density at radius 1 is 1.27 bits per heavy atom. The van der Waals surface area contributed by atoms with Crippen molar-refractivity contribution in [3.05, 3.63) is 35.9 Å². The van der Waals surface area contributed by atoms with Gasteiger partial charge in [0.25, 0.3) is 0 Å². The molecular formula is C20H33N5O. The summed E-state index contributed by atoms with van der Waals surface area (Å²) in [5, 5.41) is 9.48. The third kappa shape index (κ3) is 7.87.